The van der Waals surface area contributed by atoms with Crippen molar-refractivity contribution in [1.29, 1.82) is 0 Å². The first-order valence-electron chi connectivity index (χ1n) is 10.5. The van der Waals surface area contributed by atoms with E-state index < -0.39 is 17.1 Å². The molecule has 2 aliphatic heterocycles. The fourth-order valence-corrected chi connectivity index (χ4v) is 5.10. The molecule has 1 aromatic heterocycles. The SMILES string of the molecule is O=C(c1ccncc1F)N1CC[C@@]2(C(=O)Nc3ccccc32)[C@@H]1CCc1ccccc1. The summed E-state index contributed by atoms with van der Waals surface area (Å²) in [7, 11) is 0. The van der Waals surface area contributed by atoms with Crippen LogP contribution in [-0.4, -0.2) is 34.3 Å². The molecule has 6 heteroatoms. The van der Waals surface area contributed by atoms with E-state index in [1.807, 2.05) is 54.6 Å². The summed E-state index contributed by atoms with van der Waals surface area (Å²) in [5.41, 5.74) is 2.01. The van der Waals surface area contributed by atoms with E-state index in [4.69, 9.17) is 0 Å². The van der Waals surface area contributed by atoms with E-state index in [0.717, 1.165) is 23.0 Å². The summed E-state index contributed by atoms with van der Waals surface area (Å²) in [6.07, 6.45) is 4.29. The van der Waals surface area contributed by atoms with Gasteiger partial charge in [-0.25, -0.2) is 4.39 Å². The first-order valence-corrected chi connectivity index (χ1v) is 10.5. The molecule has 2 aliphatic rings. The summed E-state index contributed by atoms with van der Waals surface area (Å²) in [6, 6.07) is 18.7. The number of para-hydroxylation sites is 1. The lowest BCUT2D eigenvalue weighted by atomic mass is 9.73. The van der Waals surface area contributed by atoms with Crippen LogP contribution in [0, 0.1) is 5.82 Å². The maximum absolute atomic E-state index is 14.4. The number of carbonyl (C=O) groups excluding carboxylic acids is 2. The van der Waals surface area contributed by atoms with Gasteiger partial charge in [-0.1, -0.05) is 48.5 Å². The lowest BCUT2D eigenvalue weighted by molar-refractivity contribution is -0.121. The van der Waals surface area contributed by atoms with Crippen molar-refractivity contribution in [2.45, 2.75) is 30.7 Å². The molecule has 1 fully saturated rings. The van der Waals surface area contributed by atoms with E-state index in [1.165, 1.54) is 12.3 Å². The molecular formula is C25H22FN3O2. The summed E-state index contributed by atoms with van der Waals surface area (Å²) < 4.78 is 14.4. The van der Waals surface area contributed by atoms with Gasteiger partial charge in [0.25, 0.3) is 5.91 Å². The molecular weight excluding hydrogens is 393 g/mol. The first-order chi connectivity index (χ1) is 15.1. The van der Waals surface area contributed by atoms with Crippen molar-refractivity contribution < 1.29 is 14.0 Å². The average molecular weight is 415 g/mol. The molecule has 5 rings (SSSR count). The molecule has 1 saturated heterocycles. The van der Waals surface area contributed by atoms with Gasteiger partial charge in [0.05, 0.1) is 23.2 Å². The monoisotopic (exact) mass is 415 g/mol. The first kappa shape index (κ1) is 19.4. The number of halogens is 1. The topological polar surface area (TPSA) is 62.3 Å². The lowest BCUT2D eigenvalue weighted by Crippen LogP contribution is -2.49. The van der Waals surface area contributed by atoms with Crippen LogP contribution in [0.1, 0.15) is 34.3 Å². The molecule has 156 valence electrons. The molecule has 2 amide bonds. The quantitative estimate of drug-likeness (QED) is 0.702. The minimum Gasteiger partial charge on any atom is -0.334 e. The molecule has 3 heterocycles. The van der Waals surface area contributed by atoms with Crippen LogP contribution < -0.4 is 5.32 Å². The van der Waals surface area contributed by atoms with Crippen molar-refractivity contribution in [2.75, 3.05) is 11.9 Å². The molecule has 5 nitrogen and oxygen atoms in total. The maximum Gasteiger partial charge on any atom is 0.257 e. The highest BCUT2D eigenvalue weighted by Crippen LogP contribution is 2.49. The van der Waals surface area contributed by atoms with Crippen LogP contribution in [0.5, 0.6) is 0 Å². The molecule has 0 saturated carbocycles. The van der Waals surface area contributed by atoms with Gasteiger partial charge in [0, 0.05) is 18.4 Å². The second-order valence-electron chi connectivity index (χ2n) is 8.12. The normalized spacial score (nSPS) is 21.9. The van der Waals surface area contributed by atoms with Gasteiger partial charge in [-0.05, 0) is 42.5 Å². The Morgan fingerprint density at radius 2 is 1.90 bits per heavy atom. The highest BCUT2D eigenvalue weighted by Gasteiger charge is 2.58. The molecule has 1 spiro atoms. The van der Waals surface area contributed by atoms with Gasteiger partial charge in [-0.15, -0.1) is 0 Å². The Bertz CT molecular complexity index is 1150. The number of likely N-dealkylation sites (tertiary alicyclic amines) is 1. The number of aryl methyl sites for hydroxylation is 1. The minimum absolute atomic E-state index is 0.0107. The molecule has 1 N–H and O–H groups in total. The van der Waals surface area contributed by atoms with Crippen LogP contribution in [0.15, 0.2) is 73.1 Å². The number of nitrogens with zero attached hydrogens (tertiary/aromatic N) is 2. The van der Waals surface area contributed by atoms with Gasteiger partial charge in [-0.3, -0.25) is 14.6 Å². The van der Waals surface area contributed by atoms with Crippen LogP contribution in [0.4, 0.5) is 10.1 Å². The van der Waals surface area contributed by atoms with Gasteiger partial charge in [-0.2, -0.15) is 0 Å². The average Bonchev–Trinajstić information content (AvgIpc) is 3.32. The number of hydrogen-bond donors (Lipinski definition) is 1. The number of anilines is 1. The van der Waals surface area contributed by atoms with Crippen LogP contribution in [0.25, 0.3) is 0 Å². The fraction of sp³-hybridized carbons (Fsp3) is 0.240. The summed E-state index contributed by atoms with van der Waals surface area (Å²) in [6.45, 7) is 0.391. The molecule has 31 heavy (non-hydrogen) atoms. The Morgan fingerprint density at radius 3 is 2.71 bits per heavy atom. The fourth-order valence-electron chi connectivity index (χ4n) is 5.10. The standard InChI is InChI=1S/C25H22FN3O2/c26-20-16-27-14-12-18(20)23(30)29-15-13-25(19-8-4-5-9-21(19)28-24(25)31)22(29)11-10-17-6-2-1-3-7-17/h1-9,12,14,16,22H,10-11,13,15H2,(H,28,31)/t22-,25-/m0/s1. The van der Waals surface area contributed by atoms with E-state index in [-0.39, 0.29) is 17.5 Å². The third-order valence-electron chi connectivity index (χ3n) is 6.57. The van der Waals surface area contributed by atoms with Gasteiger partial charge < -0.3 is 10.2 Å². The van der Waals surface area contributed by atoms with Gasteiger partial charge >= 0.3 is 0 Å². The molecule has 0 unspecified atom stereocenters. The number of pyridine rings is 1. The molecule has 2 aromatic carbocycles. The molecule has 2 atom stereocenters. The van der Waals surface area contributed by atoms with Gasteiger partial charge in [0.15, 0.2) is 5.82 Å². The molecule has 0 radical (unpaired) electrons. The van der Waals surface area contributed by atoms with Crippen molar-refractivity contribution in [1.82, 2.24) is 9.88 Å². The highest BCUT2D eigenvalue weighted by molar-refractivity contribution is 6.08. The summed E-state index contributed by atoms with van der Waals surface area (Å²) in [4.78, 5) is 32.1. The van der Waals surface area contributed by atoms with E-state index in [1.54, 1.807) is 4.90 Å². The van der Waals surface area contributed by atoms with Crippen molar-refractivity contribution >= 4 is 17.5 Å². The van der Waals surface area contributed by atoms with Crippen molar-refractivity contribution in [2.24, 2.45) is 0 Å². The molecule has 0 bridgehead atoms. The lowest BCUT2D eigenvalue weighted by Gasteiger charge is -2.34. The number of carbonyl (C=O) groups is 2. The van der Waals surface area contributed by atoms with Crippen LogP contribution >= 0.6 is 0 Å². The molecule has 3 aromatic rings. The smallest absolute Gasteiger partial charge is 0.257 e. The minimum atomic E-state index is -0.829. The highest BCUT2D eigenvalue weighted by atomic mass is 19.1. The third kappa shape index (κ3) is 3.10. The number of hydrogen-bond acceptors (Lipinski definition) is 3. The number of amides is 2. The Morgan fingerprint density at radius 1 is 1.13 bits per heavy atom. The number of rotatable bonds is 4. The Kier molecular flexibility index (Phi) is 4.77. The summed E-state index contributed by atoms with van der Waals surface area (Å²) in [5.74, 6) is -1.13. The zero-order valence-corrected chi connectivity index (χ0v) is 16.9. The van der Waals surface area contributed by atoms with E-state index in [9.17, 15) is 14.0 Å². The summed E-state index contributed by atoms with van der Waals surface area (Å²) in [5, 5.41) is 3.01. The Labute approximate surface area is 179 Å². The number of fused-ring (bicyclic) bond motifs is 2. The van der Waals surface area contributed by atoms with Gasteiger partial charge in [0.1, 0.15) is 0 Å². The molecule has 0 aliphatic carbocycles. The van der Waals surface area contributed by atoms with Crippen LogP contribution in [0.2, 0.25) is 0 Å². The Hall–Kier alpha value is -3.54. The Balaban J connectivity index is 1.55. The van der Waals surface area contributed by atoms with Gasteiger partial charge in [0.2, 0.25) is 5.91 Å². The van der Waals surface area contributed by atoms with Crippen molar-refractivity contribution in [3.8, 4) is 0 Å². The van der Waals surface area contributed by atoms with Crippen molar-refractivity contribution in [3.05, 3.63) is 95.6 Å². The third-order valence-corrected chi connectivity index (χ3v) is 6.57. The van der Waals surface area contributed by atoms with Crippen LogP contribution in [0.3, 0.4) is 0 Å². The number of nitrogens with one attached hydrogen (secondary N) is 1. The number of benzene rings is 2. The maximum atomic E-state index is 14.4. The predicted octanol–water partition coefficient (Wildman–Crippen LogP) is 3.96. The zero-order chi connectivity index (χ0) is 21.4. The second-order valence-corrected chi connectivity index (χ2v) is 8.12. The summed E-state index contributed by atoms with van der Waals surface area (Å²) >= 11 is 0. The van der Waals surface area contributed by atoms with E-state index in [2.05, 4.69) is 10.3 Å². The largest absolute Gasteiger partial charge is 0.334 e. The van der Waals surface area contributed by atoms with Crippen LogP contribution in [-0.2, 0) is 16.6 Å². The zero-order valence-electron chi connectivity index (χ0n) is 16.9. The van der Waals surface area contributed by atoms with Crippen molar-refractivity contribution in [3.63, 3.8) is 0 Å². The van der Waals surface area contributed by atoms with E-state index >= 15 is 0 Å². The second kappa shape index (κ2) is 7.61. The number of aromatic nitrogens is 1. The predicted molar refractivity (Wildman–Crippen MR) is 115 cm³/mol. The van der Waals surface area contributed by atoms with E-state index in [0.29, 0.717) is 25.8 Å².